The molecule has 30 heavy (non-hydrogen) atoms. The molecule has 0 bridgehead atoms. The second-order valence-electron chi connectivity index (χ2n) is 5.25. The van der Waals surface area contributed by atoms with Gasteiger partial charge in [-0.25, -0.2) is 4.79 Å². The highest BCUT2D eigenvalue weighted by atomic mass is 19.4. The van der Waals surface area contributed by atoms with Crippen molar-refractivity contribution < 1.29 is 62.6 Å². The van der Waals surface area contributed by atoms with Gasteiger partial charge < -0.3 is 9.47 Å². The van der Waals surface area contributed by atoms with Gasteiger partial charge in [0.1, 0.15) is 0 Å². The van der Waals surface area contributed by atoms with Crippen molar-refractivity contribution >= 4 is 11.8 Å². The van der Waals surface area contributed by atoms with Crippen LogP contribution >= 0.6 is 0 Å². The summed E-state index contributed by atoms with van der Waals surface area (Å²) in [5.74, 6) is -26.9. The first-order valence-corrected chi connectivity index (χ1v) is 7.47. The second kappa shape index (κ2) is 8.55. The van der Waals surface area contributed by atoms with Gasteiger partial charge in [-0.15, -0.1) is 0 Å². The number of alkyl halides is 9. The van der Waals surface area contributed by atoms with Gasteiger partial charge in [0, 0.05) is 0 Å². The summed E-state index contributed by atoms with van der Waals surface area (Å²) in [6, 6.07) is 0.507. The van der Waals surface area contributed by atoms with Crippen molar-refractivity contribution in [2.24, 2.45) is 0 Å². The van der Waals surface area contributed by atoms with E-state index in [-0.39, 0.29) is 6.61 Å². The Hall–Kier alpha value is -2.74. The van der Waals surface area contributed by atoms with Crippen molar-refractivity contribution in [1.29, 1.82) is 0 Å². The third kappa shape index (κ3) is 4.70. The highest BCUT2D eigenvalue weighted by molar-refractivity contribution is 5.86. The van der Waals surface area contributed by atoms with Crippen LogP contribution in [0.1, 0.15) is 6.92 Å². The van der Waals surface area contributed by atoms with Crippen LogP contribution in [0.4, 0.5) is 58.8 Å². The first-order chi connectivity index (χ1) is 13.5. The molecule has 0 saturated heterocycles. The minimum Gasteiger partial charge on any atom is -0.450 e. The van der Waals surface area contributed by atoms with Crippen molar-refractivity contribution in [3.8, 4) is 5.75 Å². The van der Waals surface area contributed by atoms with Gasteiger partial charge in [0.15, 0.2) is 5.75 Å². The maximum Gasteiger partial charge on any atom is 0.460 e. The lowest BCUT2D eigenvalue weighted by Crippen LogP contribution is -2.61. The molecule has 1 aromatic carbocycles. The average Bonchev–Trinajstić information content (AvgIpc) is 2.61. The van der Waals surface area contributed by atoms with Gasteiger partial charge in [0.25, 0.3) is 0 Å². The molecule has 0 fully saturated rings. The molecule has 0 spiro atoms. The molecule has 4 nitrogen and oxygen atoms in total. The number of benzene rings is 1. The quantitative estimate of drug-likeness (QED) is 0.388. The van der Waals surface area contributed by atoms with Gasteiger partial charge in [-0.2, -0.15) is 48.3 Å². The maximum atomic E-state index is 13.7. The largest absolute Gasteiger partial charge is 0.460 e. The third-order valence-electron chi connectivity index (χ3n) is 3.19. The van der Waals surface area contributed by atoms with Crippen LogP contribution in [0.2, 0.25) is 0 Å². The normalized spacial score (nSPS) is 14.1. The van der Waals surface area contributed by atoms with E-state index < -0.39 is 53.3 Å². The summed E-state index contributed by atoms with van der Waals surface area (Å²) in [5.41, 5.74) is -0.574. The SMILES string of the molecule is CCOC(=O)Nc1ccccc1OC(F)=C(F)C(F)(F)C(F)(F)C(F)(F)C(F)(F)F. The maximum absolute atomic E-state index is 13.7. The van der Waals surface area contributed by atoms with Crippen LogP contribution in [0.15, 0.2) is 36.1 Å². The summed E-state index contributed by atoms with van der Waals surface area (Å²) in [7, 11) is 0. The van der Waals surface area contributed by atoms with Crippen LogP contribution in [0.25, 0.3) is 0 Å². The Balaban J connectivity index is 3.31. The highest BCUT2D eigenvalue weighted by Crippen LogP contribution is 2.55. The third-order valence-corrected chi connectivity index (χ3v) is 3.19. The molecule has 0 saturated carbocycles. The fourth-order valence-corrected chi connectivity index (χ4v) is 1.71. The predicted molar refractivity (Wildman–Crippen MR) is 77.9 cm³/mol. The first-order valence-electron chi connectivity index (χ1n) is 7.47. The van der Waals surface area contributed by atoms with E-state index in [9.17, 15) is 53.1 Å². The number of carbonyl (C=O) groups excluding carboxylic acids is 1. The molecule has 0 heterocycles. The highest BCUT2D eigenvalue weighted by Gasteiger charge is 2.83. The minimum atomic E-state index is -7.43. The lowest BCUT2D eigenvalue weighted by molar-refractivity contribution is -0.392. The van der Waals surface area contributed by atoms with Crippen LogP contribution in [-0.2, 0) is 4.74 Å². The van der Waals surface area contributed by atoms with Crippen LogP contribution in [0, 0.1) is 0 Å². The Morgan fingerprint density at radius 2 is 1.47 bits per heavy atom. The van der Waals surface area contributed by atoms with Crippen LogP contribution in [0.5, 0.6) is 5.75 Å². The van der Waals surface area contributed by atoms with Gasteiger partial charge in [-0.1, -0.05) is 12.1 Å². The Bertz CT molecular complexity index is 805. The molecule has 170 valence electrons. The van der Waals surface area contributed by atoms with E-state index in [1.807, 2.05) is 5.32 Å². The zero-order valence-electron chi connectivity index (χ0n) is 14.4. The monoisotopic (exact) mass is 461 g/mol. The molecular weight excluding hydrogens is 451 g/mol. The lowest BCUT2D eigenvalue weighted by Gasteiger charge is -2.32. The topological polar surface area (TPSA) is 47.6 Å². The van der Waals surface area contributed by atoms with E-state index in [4.69, 9.17) is 0 Å². The Kier molecular flexibility index (Phi) is 7.21. The van der Waals surface area contributed by atoms with Crippen molar-refractivity contribution in [2.45, 2.75) is 30.9 Å². The molecule has 0 radical (unpaired) electrons. The molecule has 0 aliphatic heterocycles. The zero-order chi connectivity index (χ0) is 23.5. The Labute approximate surface area is 160 Å². The van der Waals surface area contributed by atoms with E-state index in [2.05, 4.69) is 9.47 Å². The molecule has 1 N–H and O–H groups in total. The minimum absolute atomic E-state index is 0.160. The van der Waals surface area contributed by atoms with Crippen LogP contribution in [-0.4, -0.2) is 36.6 Å². The first kappa shape index (κ1) is 25.3. The van der Waals surface area contributed by atoms with E-state index in [1.165, 1.54) is 6.92 Å². The van der Waals surface area contributed by atoms with Gasteiger partial charge >= 0.3 is 36.1 Å². The number of carbonyl (C=O) groups is 1. The molecule has 0 aromatic heterocycles. The van der Waals surface area contributed by atoms with E-state index in [0.717, 1.165) is 18.2 Å². The molecule has 0 atom stereocenters. The number of rotatable bonds is 7. The lowest BCUT2D eigenvalue weighted by atomic mass is 10.0. The number of hydrogen-bond donors (Lipinski definition) is 1. The Morgan fingerprint density at radius 1 is 0.933 bits per heavy atom. The van der Waals surface area contributed by atoms with Crippen molar-refractivity contribution in [1.82, 2.24) is 0 Å². The number of para-hydroxylation sites is 2. The van der Waals surface area contributed by atoms with Gasteiger partial charge in [0.05, 0.1) is 12.3 Å². The summed E-state index contributed by atoms with van der Waals surface area (Å²) in [5, 5.41) is 1.87. The average molecular weight is 461 g/mol. The fraction of sp³-hybridized carbons (Fsp3) is 0.400. The summed E-state index contributed by atoms with van der Waals surface area (Å²) in [6.45, 7) is 1.21. The van der Waals surface area contributed by atoms with Crippen LogP contribution < -0.4 is 10.1 Å². The standard InChI is InChI=1S/C15H10F11NO3/c1-2-29-11(28)27-7-5-3-4-6-8(7)30-10(17)9(16)12(18,19)13(20,21)14(22,23)15(24,25)26/h3-6H,2H2,1H3,(H,27,28). The number of nitrogens with one attached hydrogen (secondary N) is 1. The van der Waals surface area contributed by atoms with E-state index >= 15 is 0 Å². The van der Waals surface area contributed by atoms with Gasteiger partial charge in [0.2, 0.25) is 5.83 Å². The molecule has 0 aliphatic rings. The molecule has 15 heteroatoms. The summed E-state index contributed by atoms with van der Waals surface area (Å²) in [4.78, 5) is 11.3. The number of allylic oxidation sites excluding steroid dienone is 1. The van der Waals surface area contributed by atoms with Gasteiger partial charge in [-0.05, 0) is 19.1 Å². The van der Waals surface area contributed by atoms with Crippen molar-refractivity contribution in [3.05, 3.63) is 36.1 Å². The van der Waals surface area contributed by atoms with Crippen molar-refractivity contribution in [2.75, 3.05) is 11.9 Å². The molecular formula is C15H10F11NO3. The zero-order valence-corrected chi connectivity index (χ0v) is 14.4. The van der Waals surface area contributed by atoms with E-state index in [0.29, 0.717) is 6.07 Å². The number of halogens is 11. The molecule has 0 unspecified atom stereocenters. The number of hydrogen-bond acceptors (Lipinski definition) is 3. The van der Waals surface area contributed by atoms with Crippen molar-refractivity contribution in [3.63, 3.8) is 0 Å². The smallest absolute Gasteiger partial charge is 0.450 e. The predicted octanol–water partition coefficient (Wildman–Crippen LogP) is 6.21. The summed E-state index contributed by atoms with van der Waals surface area (Å²) in [6.07, 6.45) is -8.41. The van der Waals surface area contributed by atoms with Gasteiger partial charge in [-0.3, -0.25) is 5.32 Å². The molecule has 1 amide bonds. The number of ether oxygens (including phenoxy) is 2. The number of anilines is 1. The Morgan fingerprint density at radius 3 is 1.97 bits per heavy atom. The van der Waals surface area contributed by atoms with E-state index in [1.54, 1.807) is 0 Å². The molecule has 1 aromatic rings. The summed E-state index contributed by atoms with van der Waals surface area (Å²) < 4.78 is 150. The summed E-state index contributed by atoms with van der Waals surface area (Å²) >= 11 is 0. The molecule has 1 rings (SSSR count). The van der Waals surface area contributed by atoms with Crippen LogP contribution in [0.3, 0.4) is 0 Å². The number of amides is 1. The molecule has 0 aliphatic carbocycles. The fourth-order valence-electron chi connectivity index (χ4n) is 1.71. The second-order valence-corrected chi connectivity index (χ2v) is 5.25.